The van der Waals surface area contributed by atoms with E-state index >= 15 is 0 Å². The molecule has 8 heteroatoms. The zero-order chi connectivity index (χ0) is 19.4. The molecular weight excluding hydrogens is 352 g/mol. The number of carbonyl (C=O) groups is 3. The summed E-state index contributed by atoms with van der Waals surface area (Å²) >= 11 is 0. The fourth-order valence-electron chi connectivity index (χ4n) is 2.73. The molecule has 0 saturated heterocycles. The molecule has 2 heterocycles. The molecule has 0 spiro atoms. The predicted molar refractivity (Wildman–Crippen MR) is 96.6 cm³/mol. The maximum atomic E-state index is 12.6. The number of benzene rings is 1. The van der Waals surface area contributed by atoms with Crippen LogP contribution in [0.3, 0.4) is 0 Å². The summed E-state index contributed by atoms with van der Waals surface area (Å²) in [6.45, 7) is 1.77. The van der Waals surface area contributed by atoms with E-state index in [1.165, 1.54) is 24.0 Å². The number of nitrogens with one attached hydrogen (secondary N) is 1. The predicted octanol–water partition coefficient (Wildman–Crippen LogP) is 2.84. The van der Waals surface area contributed by atoms with Gasteiger partial charge in [0.25, 0.3) is 0 Å². The van der Waals surface area contributed by atoms with Crippen molar-refractivity contribution in [3.63, 3.8) is 0 Å². The van der Waals surface area contributed by atoms with Crippen molar-refractivity contribution in [1.29, 1.82) is 0 Å². The first kappa shape index (κ1) is 18.2. The Kier molecular flexibility index (Phi) is 5.25. The van der Waals surface area contributed by atoms with Crippen molar-refractivity contribution >= 4 is 34.6 Å². The Morgan fingerprint density at radius 3 is 2.67 bits per heavy atom. The van der Waals surface area contributed by atoms with Gasteiger partial charge in [0.1, 0.15) is 12.2 Å². The molecule has 0 unspecified atom stereocenters. The van der Waals surface area contributed by atoms with Crippen LogP contribution >= 0.6 is 0 Å². The van der Waals surface area contributed by atoms with E-state index in [-0.39, 0.29) is 24.4 Å². The fourth-order valence-corrected chi connectivity index (χ4v) is 2.73. The molecule has 0 aliphatic heterocycles. The standard InChI is InChI=1S/C19H18N2O6/c1-3-26-18(23)12-6-4-5-7-13(12)20-17(22)11-21-14-8-9-27-16(14)10-15(21)19(24)25-2/h4-10H,3,11H2,1-2H3,(H,20,22). The lowest BCUT2D eigenvalue weighted by Gasteiger charge is -2.12. The van der Waals surface area contributed by atoms with E-state index in [9.17, 15) is 14.4 Å². The number of para-hydroxylation sites is 1. The van der Waals surface area contributed by atoms with Gasteiger partial charge < -0.3 is 23.8 Å². The second-order valence-corrected chi connectivity index (χ2v) is 5.59. The zero-order valence-corrected chi connectivity index (χ0v) is 14.9. The van der Waals surface area contributed by atoms with Crippen LogP contribution in [0.15, 0.2) is 47.1 Å². The Bertz CT molecular complexity index is 1000. The quantitative estimate of drug-likeness (QED) is 0.670. The molecule has 0 aliphatic carbocycles. The van der Waals surface area contributed by atoms with Crippen molar-refractivity contribution in [1.82, 2.24) is 4.57 Å². The minimum atomic E-state index is -0.582. The van der Waals surface area contributed by atoms with Gasteiger partial charge in [0.15, 0.2) is 5.58 Å². The van der Waals surface area contributed by atoms with Crippen molar-refractivity contribution in [2.75, 3.05) is 19.0 Å². The first-order valence-corrected chi connectivity index (χ1v) is 8.26. The summed E-state index contributed by atoms with van der Waals surface area (Å²) in [6, 6.07) is 9.72. The Balaban J connectivity index is 1.85. The Morgan fingerprint density at radius 1 is 1.15 bits per heavy atom. The second kappa shape index (κ2) is 7.77. The maximum absolute atomic E-state index is 12.6. The third kappa shape index (κ3) is 3.69. The zero-order valence-electron chi connectivity index (χ0n) is 14.9. The van der Waals surface area contributed by atoms with Gasteiger partial charge in [-0.2, -0.15) is 0 Å². The van der Waals surface area contributed by atoms with Crippen molar-refractivity contribution < 1.29 is 28.3 Å². The van der Waals surface area contributed by atoms with E-state index in [0.717, 1.165) is 0 Å². The number of rotatable bonds is 6. The topological polar surface area (TPSA) is 99.8 Å². The molecule has 0 saturated carbocycles. The van der Waals surface area contributed by atoms with Crippen molar-refractivity contribution in [3.05, 3.63) is 53.9 Å². The van der Waals surface area contributed by atoms with Gasteiger partial charge >= 0.3 is 11.9 Å². The second-order valence-electron chi connectivity index (χ2n) is 5.59. The summed E-state index contributed by atoms with van der Waals surface area (Å²) in [6.07, 6.45) is 1.47. The smallest absolute Gasteiger partial charge is 0.354 e. The molecule has 0 bridgehead atoms. The molecule has 3 aromatic rings. The molecule has 140 valence electrons. The largest absolute Gasteiger partial charge is 0.464 e. The molecule has 0 atom stereocenters. The van der Waals surface area contributed by atoms with Gasteiger partial charge in [-0.25, -0.2) is 9.59 Å². The SMILES string of the molecule is CCOC(=O)c1ccccc1NC(=O)Cn1c(C(=O)OC)cc2occc21. The monoisotopic (exact) mass is 370 g/mol. The Hall–Kier alpha value is -3.55. The number of amides is 1. The number of nitrogens with zero attached hydrogens (tertiary/aromatic N) is 1. The number of carbonyl (C=O) groups excluding carboxylic acids is 3. The molecule has 27 heavy (non-hydrogen) atoms. The van der Waals surface area contributed by atoms with Gasteiger partial charge in [-0.15, -0.1) is 0 Å². The van der Waals surface area contributed by atoms with Gasteiger partial charge in [0.05, 0.1) is 36.7 Å². The van der Waals surface area contributed by atoms with Crippen LogP contribution in [0.1, 0.15) is 27.8 Å². The van der Waals surface area contributed by atoms with E-state index in [0.29, 0.717) is 16.8 Å². The number of methoxy groups -OCH3 is 1. The van der Waals surface area contributed by atoms with Gasteiger partial charge in [0.2, 0.25) is 5.91 Å². The number of esters is 2. The van der Waals surface area contributed by atoms with Gasteiger partial charge in [0, 0.05) is 12.1 Å². The molecule has 3 rings (SSSR count). The van der Waals surface area contributed by atoms with Crippen LogP contribution in [0.25, 0.3) is 11.1 Å². The van der Waals surface area contributed by atoms with Crippen molar-refractivity contribution in [2.24, 2.45) is 0 Å². The molecule has 1 N–H and O–H groups in total. The van der Waals surface area contributed by atoms with Gasteiger partial charge in [-0.05, 0) is 19.1 Å². The summed E-state index contributed by atoms with van der Waals surface area (Å²) in [5, 5.41) is 2.69. The van der Waals surface area contributed by atoms with Crippen LogP contribution in [-0.2, 0) is 20.8 Å². The molecule has 8 nitrogen and oxygen atoms in total. The third-order valence-corrected chi connectivity index (χ3v) is 3.92. The number of hydrogen-bond donors (Lipinski definition) is 1. The number of aromatic nitrogens is 1. The van der Waals surface area contributed by atoms with Crippen LogP contribution in [-0.4, -0.2) is 36.1 Å². The van der Waals surface area contributed by atoms with Crippen LogP contribution in [0.4, 0.5) is 5.69 Å². The summed E-state index contributed by atoms with van der Waals surface area (Å²) in [5.41, 5.74) is 1.83. The highest BCUT2D eigenvalue weighted by Crippen LogP contribution is 2.22. The minimum Gasteiger partial charge on any atom is -0.464 e. The number of fused-ring (bicyclic) bond motifs is 1. The molecular formula is C19H18N2O6. The summed E-state index contributed by atoms with van der Waals surface area (Å²) in [5.74, 6) is -1.53. The van der Waals surface area contributed by atoms with Crippen LogP contribution < -0.4 is 5.32 Å². The van der Waals surface area contributed by atoms with E-state index in [1.54, 1.807) is 37.3 Å². The van der Waals surface area contributed by atoms with Crippen molar-refractivity contribution in [2.45, 2.75) is 13.5 Å². The van der Waals surface area contributed by atoms with E-state index < -0.39 is 17.8 Å². The Morgan fingerprint density at radius 2 is 1.93 bits per heavy atom. The molecule has 0 fully saturated rings. The highest BCUT2D eigenvalue weighted by atomic mass is 16.5. The number of anilines is 1. The van der Waals surface area contributed by atoms with E-state index in [4.69, 9.17) is 13.9 Å². The molecule has 2 aromatic heterocycles. The fraction of sp³-hybridized carbons (Fsp3) is 0.211. The summed E-state index contributed by atoms with van der Waals surface area (Å²) < 4.78 is 16.5. The third-order valence-electron chi connectivity index (χ3n) is 3.92. The lowest BCUT2D eigenvalue weighted by atomic mass is 10.2. The lowest BCUT2D eigenvalue weighted by molar-refractivity contribution is -0.116. The minimum absolute atomic E-state index is 0.162. The summed E-state index contributed by atoms with van der Waals surface area (Å²) in [7, 11) is 1.26. The normalized spacial score (nSPS) is 10.6. The van der Waals surface area contributed by atoms with Crippen molar-refractivity contribution in [3.8, 4) is 0 Å². The van der Waals surface area contributed by atoms with Gasteiger partial charge in [-0.3, -0.25) is 4.79 Å². The van der Waals surface area contributed by atoms with E-state index in [1.807, 2.05) is 0 Å². The molecule has 1 amide bonds. The average molecular weight is 370 g/mol. The van der Waals surface area contributed by atoms with Crippen LogP contribution in [0.2, 0.25) is 0 Å². The molecule has 0 aliphatic rings. The maximum Gasteiger partial charge on any atom is 0.354 e. The molecule has 0 radical (unpaired) electrons. The lowest BCUT2D eigenvalue weighted by Crippen LogP contribution is -2.23. The van der Waals surface area contributed by atoms with E-state index in [2.05, 4.69) is 5.32 Å². The number of hydrogen-bond acceptors (Lipinski definition) is 6. The highest BCUT2D eigenvalue weighted by molar-refractivity contribution is 6.02. The van der Waals surface area contributed by atoms with Gasteiger partial charge in [-0.1, -0.05) is 12.1 Å². The Labute approximate surface area is 154 Å². The number of ether oxygens (including phenoxy) is 2. The summed E-state index contributed by atoms with van der Waals surface area (Å²) in [4.78, 5) is 36.6. The molecule has 1 aromatic carbocycles. The van der Waals surface area contributed by atoms with Crippen LogP contribution in [0, 0.1) is 0 Å². The highest BCUT2D eigenvalue weighted by Gasteiger charge is 2.21. The number of furan rings is 1. The van der Waals surface area contributed by atoms with Crippen LogP contribution in [0.5, 0.6) is 0 Å². The first-order chi connectivity index (χ1) is 13.0. The average Bonchev–Trinajstić information content (AvgIpc) is 3.24. The first-order valence-electron chi connectivity index (χ1n) is 8.26.